The fourth-order valence-corrected chi connectivity index (χ4v) is 2.54. The van der Waals surface area contributed by atoms with Crippen LogP contribution in [0.4, 0.5) is 19.1 Å². The van der Waals surface area contributed by atoms with Gasteiger partial charge in [-0.3, -0.25) is 0 Å². The second-order valence-electron chi connectivity index (χ2n) is 5.09. The molecule has 0 bridgehead atoms. The molecule has 0 amide bonds. The van der Waals surface area contributed by atoms with Gasteiger partial charge in [0.2, 0.25) is 5.95 Å². The van der Waals surface area contributed by atoms with Gasteiger partial charge in [-0.1, -0.05) is 19.3 Å². The topological polar surface area (TPSA) is 37.8 Å². The Morgan fingerprint density at radius 1 is 1.26 bits per heavy atom. The summed E-state index contributed by atoms with van der Waals surface area (Å²) in [6.45, 7) is 1.99. The van der Waals surface area contributed by atoms with Gasteiger partial charge in [-0.2, -0.15) is 13.2 Å². The van der Waals surface area contributed by atoms with Crippen LogP contribution in [0.15, 0.2) is 12.3 Å². The Hall–Kier alpha value is -1.33. The Balaban J connectivity index is 2.02. The van der Waals surface area contributed by atoms with Gasteiger partial charge in [-0.15, -0.1) is 0 Å². The molecule has 1 fully saturated rings. The van der Waals surface area contributed by atoms with Gasteiger partial charge >= 0.3 is 6.18 Å². The van der Waals surface area contributed by atoms with E-state index in [4.69, 9.17) is 0 Å². The minimum Gasteiger partial charge on any atom is -0.351 e. The maximum absolute atomic E-state index is 12.5. The predicted octanol–water partition coefficient (Wildman–Crippen LogP) is 3.88. The molecule has 1 saturated carbocycles. The van der Waals surface area contributed by atoms with E-state index in [2.05, 4.69) is 15.3 Å². The van der Waals surface area contributed by atoms with Gasteiger partial charge in [0.25, 0.3) is 0 Å². The first-order valence-corrected chi connectivity index (χ1v) is 6.63. The van der Waals surface area contributed by atoms with Gasteiger partial charge in [0.15, 0.2) is 0 Å². The molecule has 6 heteroatoms. The molecule has 1 aromatic rings. The van der Waals surface area contributed by atoms with E-state index < -0.39 is 11.9 Å². The highest BCUT2D eigenvalue weighted by Crippen LogP contribution is 2.29. The van der Waals surface area contributed by atoms with Gasteiger partial charge in [-0.05, 0) is 31.7 Å². The lowest BCUT2D eigenvalue weighted by Gasteiger charge is -2.28. The zero-order valence-electron chi connectivity index (χ0n) is 10.9. The number of hydrogen-bond donors (Lipinski definition) is 1. The molecular formula is C13H18F3N3. The molecule has 0 spiro atoms. The molecular weight excluding hydrogens is 255 g/mol. The third kappa shape index (κ3) is 3.81. The third-order valence-corrected chi connectivity index (χ3v) is 3.66. The van der Waals surface area contributed by atoms with Crippen molar-refractivity contribution in [2.75, 3.05) is 5.32 Å². The number of hydrogen-bond acceptors (Lipinski definition) is 3. The van der Waals surface area contributed by atoms with Crippen molar-refractivity contribution in [2.24, 2.45) is 5.92 Å². The van der Waals surface area contributed by atoms with Crippen molar-refractivity contribution in [1.29, 1.82) is 0 Å². The van der Waals surface area contributed by atoms with Gasteiger partial charge in [0.05, 0.1) is 0 Å². The second-order valence-corrected chi connectivity index (χ2v) is 5.09. The molecule has 1 atom stereocenters. The molecule has 0 saturated heterocycles. The fourth-order valence-electron chi connectivity index (χ4n) is 2.54. The SMILES string of the molecule is CC(Nc1nccc(C(F)(F)F)n1)C1CCCCC1. The molecule has 2 rings (SSSR count). The van der Waals surface area contributed by atoms with Gasteiger partial charge < -0.3 is 5.32 Å². The summed E-state index contributed by atoms with van der Waals surface area (Å²) in [5.41, 5.74) is -0.902. The Bertz CT molecular complexity index is 414. The van der Waals surface area contributed by atoms with E-state index in [9.17, 15) is 13.2 Å². The van der Waals surface area contributed by atoms with Crippen LogP contribution in [0.2, 0.25) is 0 Å². The van der Waals surface area contributed by atoms with E-state index in [1.54, 1.807) is 0 Å². The maximum atomic E-state index is 12.5. The number of rotatable bonds is 3. The lowest BCUT2D eigenvalue weighted by Crippen LogP contribution is -2.28. The van der Waals surface area contributed by atoms with Crippen LogP contribution in [0.25, 0.3) is 0 Å². The molecule has 1 aliphatic carbocycles. The van der Waals surface area contributed by atoms with E-state index in [1.165, 1.54) is 19.3 Å². The van der Waals surface area contributed by atoms with Crippen LogP contribution in [0.3, 0.4) is 0 Å². The van der Waals surface area contributed by atoms with Crippen LogP contribution in [-0.4, -0.2) is 16.0 Å². The minimum atomic E-state index is -4.42. The van der Waals surface area contributed by atoms with Crippen LogP contribution in [0.1, 0.15) is 44.7 Å². The van der Waals surface area contributed by atoms with Crippen LogP contribution in [-0.2, 0) is 6.18 Å². The monoisotopic (exact) mass is 273 g/mol. The number of alkyl halides is 3. The number of halogens is 3. The first-order valence-electron chi connectivity index (χ1n) is 6.63. The number of anilines is 1. The Labute approximate surface area is 110 Å². The van der Waals surface area contributed by atoms with Crippen molar-refractivity contribution in [3.05, 3.63) is 18.0 Å². The summed E-state index contributed by atoms with van der Waals surface area (Å²) < 4.78 is 37.6. The molecule has 1 aliphatic rings. The summed E-state index contributed by atoms with van der Waals surface area (Å²) in [6.07, 6.45) is 2.60. The Kier molecular flexibility index (Phi) is 4.27. The second kappa shape index (κ2) is 5.75. The first kappa shape index (κ1) is 14.1. The Morgan fingerprint density at radius 3 is 2.58 bits per heavy atom. The maximum Gasteiger partial charge on any atom is 0.433 e. The standard InChI is InChI=1S/C13H18F3N3/c1-9(10-5-3-2-4-6-10)18-12-17-8-7-11(19-12)13(14,15)16/h7-10H,2-6H2,1H3,(H,17,18,19). The largest absolute Gasteiger partial charge is 0.433 e. The van der Waals surface area contributed by atoms with Crippen molar-refractivity contribution >= 4 is 5.95 Å². The average Bonchev–Trinajstić information content (AvgIpc) is 2.39. The molecule has 1 unspecified atom stereocenters. The van der Waals surface area contributed by atoms with E-state index in [1.807, 2.05) is 6.92 Å². The minimum absolute atomic E-state index is 0.0629. The van der Waals surface area contributed by atoms with Gasteiger partial charge in [0.1, 0.15) is 5.69 Å². The normalized spacial score (nSPS) is 19.2. The zero-order valence-corrected chi connectivity index (χ0v) is 10.9. The number of nitrogens with one attached hydrogen (secondary N) is 1. The van der Waals surface area contributed by atoms with E-state index in [0.717, 1.165) is 25.1 Å². The van der Waals surface area contributed by atoms with Crippen molar-refractivity contribution < 1.29 is 13.2 Å². The van der Waals surface area contributed by atoms with Crippen molar-refractivity contribution in [3.63, 3.8) is 0 Å². The van der Waals surface area contributed by atoms with Crippen LogP contribution >= 0.6 is 0 Å². The number of aromatic nitrogens is 2. The third-order valence-electron chi connectivity index (χ3n) is 3.66. The molecule has 19 heavy (non-hydrogen) atoms. The summed E-state index contributed by atoms with van der Waals surface area (Å²) in [4.78, 5) is 7.40. The van der Waals surface area contributed by atoms with Crippen LogP contribution in [0, 0.1) is 5.92 Å². The highest BCUT2D eigenvalue weighted by Gasteiger charge is 2.33. The smallest absolute Gasteiger partial charge is 0.351 e. The summed E-state index contributed by atoms with van der Waals surface area (Å²) in [6, 6.07) is 0.986. The van der Waals surface area contributed by atoms with Crippen LogP contribution < -0.4 is 5.32 Å². The number of nitrogens with zero attached hydrogens (tertiary/aromatic N) is 2. The molecule has 1 N–H and O–H groups in total. The lowest BCUT2D eigenvalue weighted by molar-refractivity contribution is -0.141. The highest BCUT2D eigenvalue weighted by atomic mass is 19.4. The molecule has 1 aromatic heterocycles. The molecule has 1 heterocycles. The van der Waals surface area contributed by atoms with E-state index in [-0.39, 0.29) is 12.0 Å². The van der Waals surface area contributed by atoms with Crippen LogP contribution in [0.5, 0.6) is 0 Å². The summed E-state index contributed by atoms with van der Waals surface area (Å²) in [5.74, 6) is 0.555. The molecule has 0 radical (unpaired) electrons. The summed E-state index contributed by atoms with van der Waals surface area (Å²) in [5, 5.41) is 3.00. The van der Waals surface area contributed by atoms with E-state index >= 15 is 0 Å². The quantitative estimate of drug-likeness (QED) is 0.908. The molecule has 0 aromatic carbocycles. The van der Waals surface area contributed by atoms with Gasteiger partial charge in [0, 0.05) is 12.2 Å². The molecule has 106 valence electrons. The lowest BCUT2D eigenvalue weighted by atomic mass is 9.85. The summed E-state index contributed by atoms with van der Waals surface area (Å²) in [7, 11) is 0. The van der Waals surface area contributed by atoms with Crippen molar-refractivity contribution in [2.45, 2.75) is 51.2 Å². The molecule has 0 aliphatic heterocycles. The van der Waals surface area contributed by atoms with Crippen molar-refractivity contribution in [3.8, 4) is 0 Å². The highest BCUT2D eigenvalue weighted by molar-refractivity contribution is 5.27. The molecule has 3 nitrogen and oxygen atoms in total. The van der Waals surface area contributed by atoms with Gasteiger partial charge in [-0.25, -0.2) is 9.97 Å². The average molecular weight is 273 g/mol. The zero-order chi connectivity index (χ0) is 13.9. The Morgan fingerprint density at radius 2 is 1.95 bits per heavy atom. The summed E-state index contributed by atoms with van der Waals surface area (Å²) >= 11 is 0. The predicted molar refractivity (Wildman–Crippen MR) is 66.7 cm³/mol. The fraction of sp³-hybridized carbons (Fsp3) is 0.692. The van der Waals surface area contributed by atoms with Crippen molar-refractivity contribution in [1.82, 2.24) is 9.97 Å². The first-order chi connectivity index (χ1) is 8.97. The van der Waals surface area contributed by atoms with E-state index in [0.29, 0.717) is 5.92 Å².